The molecule has 0 radical (unpaired) electrons. The van der Waals surface area contributed by atoms with Crippen molar-refractivity contribution < 1.29 is 103 Å². The van der Waals surface area contributed by atoms with Gasteiger partial charge in [0.25, 0.3) is 0 Å². The van der Waals surface area contributed by atoms with Gasteiger partial charge in [0.1, 0.15) is 0 Å². The molecule has 0 aliphatic heterocycles. The molecular weight excluding hydrogens is 434 g/mol. The number of benzene rings is 1. The van der Waals surface area contributed by atoms with Crippen LogP contribution in [0.1, 0.15) is 0 Å². The first-order chi connectivity index (χ1) is 11.0. The van der Waals surface area contributed by atoms with Crippen molar-refractivity contribution in [3.05, 3.63) is 50.0 Å². The van der Waals surface area contributed by atoms with Gasteiger partial charge in [0.2, 0.25) is 0 Å². The number of hydrogen-bond donors (Lipinski definition) is 0. The molecular formula is C10H10B3F12KN-3. The van der Waals surface area contributed by atoms with E-state index in [0.29, 0.717) is 0 Å². The fourth-order valence-corrected chi connectivity index (χ4v) is 1.02. The van der Waals surface area contributed by atoms with Crippen LogP contribution >= 0.6 is 0 Å². The van der Waals surface area contributed by atoms with Crippen LogP contribution in [0.3, 0.4) is 0 Å². The Morgan fingerprint density at radius 2 is 0.852 bits per heavy atom. The molecule has 27 heavy (non-hydrogen) atoms. The van der Waals surface area contributed by atoms with Crippen molar-refractivity contribution in [2.45, 2.75) is 0 Å². The zero-order chi connectivity index (χ0) is 20.3. The molecule has 2 aromatic rings. The molecule has 0 bridgehead atoms. The van der Waals surface area contributed by atoms with E-state index in [4.69, 9.17) is 0 Å². The number of fused-ring (bicyclic) bond motifs is 1. The van der Waals surface area contributed by atoms with Crippen LogP contribution in [0.15, 0.2) is 42.6 Å². The van der Waals surface area contributed by atoms with Crippen LogP contribution in [-0.4, -0.2) is 26.7 Å². The molecule has 1 aromatic heterocycles. The van der Waals surface area contributed by atoms with Crippen LogP contribution in [0.4, 0.5) is 51.8 Å². The topological polar surface area (TPSA) is 12.9 Å². The molecule has 0 saturated heterocycles. The van der Waals surface area contributed by atoms with Crippen LogP contribution in [0.2, 0.25) is 0 Å². The largest absolute Gasteiger partial charge is 1.00 e. The van der Waals surface area contributed by atoms with Gasteiger partial charge >= 0.3 is 73.1 Å². The van der Waals surface area contributed by atoms with Crippen LogP contribution in [-0.2, 0) is 0 Å². The molecule has 1 heterocycles. The predicted molar refractivity (Wildman–Crippen MR) is 78.7 cm³/mol. The van der Waals surface area contributed by atoms with Crippen molar-refractivity contribution in [2.75, 3.05) is 0 Å². The van der Waals surface area contributed by atoms with Crippen LogP contribution in [0.5, 0.6) is 0 Å². The Hall–Kier alpha value is -0.379. The van der Waals surface area contributed by atoms with E-state index in [2.05, 4.69) is 17.1 Å². The third-order valence-electron chi connectivity index (χ3n) is 1.51. The summed E-state index contributed by atoms with van der Waals surface area (Å²) in [6.45, 7) is 0. The summed E-state index contributed by atoms with van der Waals surface area (Å²) < 4.78 is 117. The molecule has 0 fully saturated rings. The second-order valence-electron chi connectivity index (χ2n) is 3.68. The van der Waals surface area contributed by atoms with E-state index in [9.17, 15) is 51.8 Å². The average Bonchev–Trinajstić information content (AvgIpc) is 2.33. The SMILES string of the molecule is F[B-](F)(F)F.F[B-](F)(F)F.F[B-](F)(F)F.[CH3-].[K+].c1ccc2ncccc2c1. The molecule has 152 valence electrons. The van der Waals surface area contributed by atoms with Crippen molar-refractivity contribution >= 4 is 32.7 Å². The summed E-state index contributed by atoms with van der Waals surface area (Å²) in [6, 6.07) is 12.1. The Balaban J connectivity index is -0.000000137. The van der Waals surface area contributed by atoms with Crippen molar-refractivity contribution in [1.29, 1.82) is 0 Å². The molecule has 0 amide bonds. The van der Waals surface area contributed by atoms with Crippen molar-refractivity contribution in [3.8, 4) is 0 Å². The van der Waals surface area contributed by atoms with Gasteiger partial charge in [-0.25, -0.2) is 0 Å². The van der Waals surface area contributed by atoms with E-state index < -0.39 is 21.8 Å². The minimum Gasteiger partial charge on any atom is -0.418 e. The summed E-state index contributed by atoms with van der Waals surface area (Å²) in [5, 5.41) is 1.20. The smallest absolute Gasteiger partial charge is 0.418 e. The van der Waals surface area contributed by atoms with E-state index >= 15 is 0 Å². The zero-order valence-corrected chi connectivity index (χ0v) is 16.9. The molecule has 0 atom stereocenters. The number of hydrogen-bond acceptors (Lipinski definition) is 1. The minimum atomic E-state index is -6.00. The summed E-state index contributed by atoms with van der Waals surface area (Å²) in [6.07, 6.45) is 1.81. The number of aromatic nitrogens is 1. The van der Waals surface area contributed by atoms with Gasteiger partial charge < -0.3 is 59.2 Å². The number of nitrogens with zero attached hydrogens (tertiary/aromatic N) is 1. The van der Waals surface area contributed by atoms with Gasteiger partial charge in [0, 0.05) is 11.6 Å². The first kappa shape index (κ1) is 34.2. The van der Waals surface area contributed by atoms with Gasteiger partial charge in [-0.05, 0) is 12.1 Å². The Labute approximate surface area is 189 Å². The fraction of sp³-hybridized carbons (Fsp3) is 0. The molecule has 0 N–H and O–H groups in total. The quantitative estimate of drug-likeness (QED) is 0.344. The molecule has 1 nitrogen and oxygen atoms in total. The summed E-state index contributed by atoms with van der Waals surface area (Å²) in [5.41, 5.74) is 1.06. The van der Waals surface area contributed by atoms with E-state index in [1.807, 2.05) is 30.5 Å². The fourth-order valence-electron chi connectivity index (χ4n) is 1.02. The van der Waals surface area contributed by atoms with Crippen LogP contribution < -0.4 is 51.4 Å². The second-order valence-corrected chi connectivity index (χ2v) is 3.68. The van der Waals surface area contributed by atoms with Crippen molar-refractivity contribution in [2.24, 2.45) is 0 Å². The number of pyridine rings is 1. The number of rotatable bonds is 0. The number of halogens is 12. The molecule has 0 aliphatic rings. The Kier molecular flexibility index (Phi) is 19.6. The van der Waals surface area contributed by atoms with Gasteiger partial charge in [-0.15, -0.1) is 0 Å². The first-order valence-corrected chi connectivity index (χ1v) is 5.88. The van der Waals surface area contributed by atoms with E-state index in [1.54, 1.807) is 0 Å². The molecule has 1 aromatic carbocycles. The summed E-state index contributed by atoms with van der Waals surface area (Å²) in [4.78, 5) is 4.18. The third-order valence-corrected chi connectivity index (χ3v) is 1.51. The van der Waals surface area contributed by atoms with Crippen molar-refractivity contribution in [3.63, 3.8) is 0 Å². The van der Waals surface area contributed by atoms with E-state index in [-0.39, 0.29) is 58.8 Å². The Bertz CT molecular complexity index is 492. The van der Waals surface area contributed by atoms with Gasteiger partial charge in [-0.1, -0.05) is 24.3 Å². The van der Waals surface area contributed by atoms with Crippen molar-refractivity contribution in [1.82, 2.24) is 4.98 Å². The first-order valence-electron chi connectivity index (χ1n) is 5.88. The minimum absolute atomic E-state index is 0. The Morgan fingerprint density at radius 1 is 0.556 bits per heavy atom. The maximum atomic E-state index is 9.75. The van der Waals surface area contributed by atoms with Gasteiger partial charge in [0.15, 0.2) is 0 Å². The summed E-state index contributed by atoms with van der Waals surface area (Å²) in [7, 11) is -18.0. The van der Waals surface area contributed by atoms with Gasteiger partial charge in [0.05, 0.1) is 5.52 Å². The van der Waals surface area contributed by atoms with Crippen LogP contribution in [0.25, 0.3) is 10.9 Å². The average molecular weight is 444 g/mol. The van der Waals surface area contributed by atoms with Gasteiger partial charge in [-0.3, -0.25) is 4.98 Å². The second kappa shape index (κ2) is 15.5. The standard InChI is InChI=1S/C9H7N.CH3.3BF4.K/c1-2-6-9-8(4-1)5-3-7-10-9;;3*2-1(3,4)5;/h1-7H;1H3;;;;/q;4*-1;+1. The molecule has 0 saturated carbocycles. The van der Waals surface area contributed by atoms with E-state index in [1.165, 1.54) is 5.39 Å². The molecule has 0 unspecified atom stereocenters. The summed E-state index contributed by atoms with van der Waals surface area (Å²) in [5.74, 6) is 0. The Morgan fingerprint density at radius 3 is 1.19 bits per heavy atom. The van der Waals surface area contributed by atoms with Gasteiger partial charge in [-0.2, -0.15) is 0 Å². The normalized spacial score (nSPS) is 10.4. The molecule has 0 spiro atoms. The maximum absolute atomic E-state index is 9.75. The van der Waals surface area contributed by atoms with Crippen LogP contribution in [0, 0.1) is 7.43 Å². The molecule has 17 heteroatoms. The molecule has 2 rings (SSSR count). The molecule has 0 aliphatic carbocycles. The number of para-hydroxylation sites is 1. The van der Waals surface area contributed by atoms with E-state index in [0.717, 1.165) is 5.52 Å². The summed E-state index contributed by atoms with van der Waals surface area (Å²) >= 11 is 0. The predicted octanol–water partition coefficient (Wildman–Crippen LogP) is 3.59. The zero-order valence-electron chi connectivity index (χ0n) is 13.8. The third kappa shape index (κ3) is 46.0. The monoisotopic (exact) mass is 444 g/mol. The maximum Gasteiger partial charge on any atom is 1.00 e.